The fraction of sp³-hybridized carbons (Fsp3) is 0.250. The maximum atomic E-state index is 6.12. The number of nitrogens with one attached hydrogen (secondary N) is 1. The molecule has 4 nitrogen and oxygen atoms in total. The van der Waals surface area contributed by atoms with Gasteiger partial charge in [0.1, 0.15) is 17.5 Å². The van der Waals surface area contributed by atoms with Crippen molar-refractivity contribution in [3.8, 4) is 5.75 Å². The normalized spacial score (nSPS) is 16.1. The Balaban J connectivity index is 0.00000132. The number of pyridine rings is 2. The summed E-state index contributed by atoms with van der Waals surface area (Å²) >= 11 is 6.12. The van der Waals surface area contributed by atoms with Gasteiger partial charge in [0, 0.05) is 24.0 Å². The van der Waals surface area contributed by atoms with Crippen LogP contribution in [-0.4, -0.2) is 29.2 Å². The van der Waals surface area contributed by atoms with E-state index in [4.69, 9.17) is 16.3 Å². The Bertz CT molecular complexity index is 634. The summed E-state index contributed by atoms with van der Waals surface area (Å²) in [6, 6.07) is 6.23. The first-order chi connectivity index (χ1) is 10.3. The Labute approximate surface area is 153 Å². The molecule has 0 amide bonds. The molecule has 0 unspecified atom stereocenters. The minimum absolute atomic E-state index is 0. The molecule has 2 aromatic heterocycles. The van der Waals surface area contributed by atoms with Gasteiger partial charge in [-0.3, -0.25) is 4.98 Å². The van der Waals surface area contributed by atoms with Crippen LogP contribution in [0.2, 0.25) is 5.15 Å². The first kappa shape index (κ1) is 19.7. The van der Waals surface area contributed by atoms with Gasteiger partial charge in [-0.1, -0.05) is 23.8 Å². The van der Waals surface area contributed by atoms with Gasteiger partial charge < -0.3 is 10.1 Å². The Morgan fingerprint density at radius 2 is 2.00 bits per heavy atom. The summed E-state index contributed by atoms with van der Waals surface area (Å²) in [6.45, 7) is 1.74. The second-order valence-electron chi connectivity index (χ2n) is 4.92. The zero-order valence-corrected chi connectivity index (χ0v) is 14.7. The van der Waals surface area contributed by atoms with Crippen molar-refractivity contribution < 1.29 is 4.74 Å². The Morgan fingerprint density at radius 1 is 1.26 bits per heavy atom. The molecule has 0 spiro atoms. The number of ether oxygens (including phenoxy) is 1. The maximum Gasteiger partial charge on any atom is 0.138 e. The maximum absolute atomic E-state index is 6.12. The standard InChI is InChI=1S/C16H16ClN3O.2ClH/c17-16-13(2-1-12-3-6-18-7-4-12)9-15(10-20-16)21-11-14-5-8-19-14;;/h1-4,6-7,9-10,14,19H,5,8,11H2;2*1H/t14-;;/m0../s1. The molecule has 1 aliphatic heterocycles. The molecule has 2 aromatic rings. The molecular formula is C16H18Cl3N3O. The zero-order chi connectivity index (χ0) is 14.5. The van der Waals surface area contributed by atoms with Crippen molar-refractivity contribution in [2.75, 3.05) is 13.2 Å². The predicted molar refractivity (Wildman–Crippen MR) is 98.8 cm³/mol. The van der Waals surface area contributed by atoms with Gasteiger partial charge in [-0.25, -0.2) is 4.98 Å². The molecule has 0 radical (unpaired) electrons. The molecule has 23 heavy (non-hydrogen) atoms. The fourth-order valence-electron chi connectivity index (χ4n) is 1.99. The van der Waals surface area contributed by atoms with Crippen LogP contribution in [-0.2, 0) is 0 Å². The highest BCUT2D eigenvalue weighted by Crippen LogP contribution is 2.22. The molecule has 1 aliphatic rings. The van der Waals surface area contributed by atoms with Gasteiger partial charge >= 0.3 is 0 Å². The van der Waals surface area contributed by atoms with Gasteiger partial charge in [0.25, 0.3) is 0 Å². The van der Waals surface area contributed by atoms with E-state index >= 15 is 0 Å². The number of aromatic nitrogens is 2. The highest BCUT2D eigenvalue weighted by Gasteiger charge is 2.16. The summed E-state index contributed by atoms with van der Waals surface area (Å²) in [7, 11) is 0. The van der Waals surface area contributed by atoms with E-state index in [0.29, 0.717) is 17.8 Å². The lowest BCUT2D eigenvalue weighted by atomic mass is 10.1. The summed E-state index contributed by atoms with van der Waals surface area (Å²) in [5.41, 5.74) is 1.90. The van der Waals surface area contributed by atoms with Crippen LogP contribution >= 0.6 is 36.4 Å². The van der Waals surface area contributed by atoms with E-state index in [-0.39, 0.29) is 24.8 Å². The first-order valence-electron chi connectivity index (χ1n) is 6.91. The van der Waals surface area contributed by atoms with Crippen molar-refractivity contribution >= 4 is 48.6 Å². The largest absolute Gasteiger partial charge is 0.490 e. The van der Waals surface area contributed by atoms with Gasteiger partial charge in [0.15, 0.2) is 0 Å². The van der Waals surface area contributed by atoms with Gasteiger partial charge in [-0.05, 0) is 36.7 Å². The van der Waals surface area contributed by atoms with Crippen molar-refractivity contribution in [3.63, 3.8) is 0 Å². The van der Waals surface area contributed by atoms with Crippen molar-refractivity contribution in [3.05, 3.63) is 53.1 Å². The number of nitrogens with zero attached hydrogens (tertiary/aromatic N) is 2. The topological polar surface area (TPSA) is 47.0 Å². The fourth-order valence-corrected chi connectivity index (χ4v) is 2.16. The highest BCUT2D eigenvalue weighted by molar-refractivity contribution is 6.31. The monoisotopic (exact) mass is 373 g/mol. The minimum atomic E-state index is 0. The van der Waals surface area contributed by atoms with Gasteiger partial charge in [0.2, 0.25) is 0 Å². The smallest absolute Gasteiger partial charge is 0.138 e. The number of hydrogen-bond acceptors (Lipinski definition) is 4. The van der Waals surface area contributed by atoms with Gasteiger partial charge in [-0.15, -0.1) is 24.8 Å². The lowest BCUT2D eigenvalue weighted by Crippen LogP contribution is -2.46. The zero-order valence-electron chi connectivity index (χ0n) is 12.3. The van der Waals surface area contributed by atoms with Crippen LogP contribution in [0.15, 0.2) is 36.8 Å². The number of rotatable bonds is 5. The van der Waals surface area contributed by atoms with Crippen LogP contribution in [0, 0.1) is 0 Å². The van der Waals surface area contributed by atoms with Crippen LogP contribution in [0.1, 0.15) is 17.5 Å². The van der Waals surface area contributed by atoms with Crippen LogP contribution in [0.3, 0.4) is 0 Å². The van der Waals surface area contributed by atoms with E-state index in [0.717, 1.165) is 29.8 Å². The van der Waals surface area contributed by atoms with E-state index in [9.17, 15) is 0 Å². The predicted octanol–water partition coefficient (Wildman–Crippen LogP) is 3.88. The molecule has 1 fully saturated rings. The molecule has 1 atom stereocenters. The van der Waals surface area contributed by atoms with Crippen LogP contribution in [0.4, 0.5) is 0 Å². The Morgan fingerprint density at radius 3 is 2.65 bits per heavy atom. The lowest BCUT2D eigenvalue weighted by Gasteiger charge is -2.27. The van der Waals surface area contributed by atoms with E-state index in [1.165, 1.54) is 0 Å². The third kappa shape index (κ3) is 5.66. The van der Waals surface area contributed by atoms with E-state index in [1.54, 1.807) is 18.6 Å². The number of hydrogen-bond donors (Lipinski definition) is 1. The third-order valence-corrected chi connectivity index (χ3v) is 3.70. The van der Waals surface area contributed by atoms with Crippen molar-refractivity contribution in [1.29, 1.82) is 0 Å². The summed E-state index contributed by atoms with van der Waals surface area (Å²) < 4.78 is 5.73. The molecule has 1 N–H and O–H groups in total. The lowest BCUT2D eigenvalue weighted by molar-refractivity contribution is 0.217. The summed E-state index contributed by atoms with van der Waals surface area (Å²) in [5, 5.41) is 3.76. The quantitative estimate of drug-likeness (QED) is 0.807. The Hall–Kier alpha value is -1.33. The molecule has 3 heterocycles. The van der Waals surface area contributed by atoms with Crippen molar-refractivity contribution in [2.24, 2.45) is 0 Å². The first-order valence-corrected chi connectivity index (χ1v) is 7.29. The van der Waals surface area contributed by atoms with Gasteiger partial charge in [-0.2, -0.15) is 0 Å². The molecule has 0 saturated carbocycles. The van der Waals surface area contributed by atoms with Gasteiger partial charge in [0.05, 0.1) is 6.20 Å². The molecule has 0 aromatic carbocycles. The number of halogens is 3. The third-order valence-electron chi connectivity index (χ3n) is 3.38. The molecule has 1 saturated heterocycles. The summed E-state index contributed by atoms with van der Waals surface area (Å²) in [5.74, 6) is 0.738. The van der Waals surface area contributed by atoms with E-state index in [1.807, 2.05) is 30.4 Å². The van der Waals surface area contributed by atoms with Crippen LogP contribution in [0.25, 0.3) is 12.2 Å². The van der Waals surface area contributed by atoms with Crippen molar-refractivity contribution in [2.45, 2.75) is 12.5 Å². The highest BCUT2D eigenvalue weighted by atomic mass is 35.5. The average molecular weight is 375 g/mol. The Kier molecular flexibility index (Phi) is 8.34. The second kappa shape index (κ2) is 9.73. The average Bonchev–Trinajstić information content (AvgIpc) is 2.47. The summed E-state index contributed by atoms with van der Waals surface area (Å²) in [4.78, 5) is 8.16. The molecule has 0 aliphatic carbocycles. The van der Waals surface area contributed by atoms with E-state index in [2.05, 4.69) is 15.3 Å². The summed E-state index contributed by atoms with van der Waals surface area (Å²) in [6.07, 6.45) is 10.2. The second-order valence-corrected chi connectivity index (χ2v) is 5.27. The van der Waals surface area contributed by atoms with E-state index < -0.39 is 0 Å². The molecule has 0 bridgehead atoms. The molecule has 3 rings (SSSR count). The van der Waals surface area contributed by atoms with Crippen molar-refractivity contribution in [1.82, 2.24) is 15.3 Å². The minimum Gasteiger partial charge on any atom is -0.490 e. The van der Waals surface area contributed by atoms with Crippen LogP contribution < -0.4 is 10.1 Å². The van der Waals surface area contributed by atoms with Crippen LogP contribution in [0.5, 0.6) is 5.75 Å². The molecular weight excluding hydrogens is 357 g/mol. The molecule has 7 heteroatoms. The molecule has 124 valence electrons. The SMILES string of the molecule is Cl.Cl.Clc1ncc(OC[C@@H]2CCN2)cc1C=Cc1ccncc1.